The van der Waals surface area contributed by atoms with Crippen LogP contribution in [0.1, 0.15) is 23.1 Å². The molecule has 2 aliphatic heterocycles. The van der Waals surface area contributed by atoms with Gasteiger partial charge in [-0.2, -0.15) is 0 Å². The first kappa shape index (κ1) is 19.0. The van der Waals surface area contributed by atoms with Gasteiger partial charge in [0.15, 0.2) is 0 Å². The van der Waals surface area contributed by atoms with Crippen molar-refractivity contribution in [2.45, 2.75) is 30.7 Å². The lowest BCUT2D eigenvalue weighted by atomic mass is 10.00. The molecular formula is C21H24N2O4S. The maximum absolute atomic E-state index is 13.4. The highest BCUT2D eigenvalue weighted by molar-refractivity contribution is 7.92. The molecule has 0 aromatic heterocycles. The van der Waals surface area contributed by atoms with Crippen LogP contribution in [0.25, 0.3) is 0 Å². The Morgan fingerprint density at radius 2 is 1.86 bits per heavy atom. The van der Waals surface area contributed by atoms with E-state index >= 15 is 0 Å². The van der Waals surface area contributed by atoms with Crippen LogP contribution in [0.3, 0.4) is 0 Å². The monoisotopic (exact) mass is 400 g/mol. The van der Waals surface area contributed by atoms with Crippen LogP contribution in [0.15, 0.2) is 47.4 Å². The molecule has 2 aromatic rings. The minimum absolute atomic E-state index is 0.0396. The van der Waals surface area contributed by atoms with Gasteiger partial charge in [0.25, 0.3) is 10.0 Å². The van der Waals surface area contributed by atoms with Crippen molar-refractivity contribution in [1.29, 1.82) is 0 Å². The van der Waals surface area contributed by atoms with E-state index in [4.69, 9.17) is 4.74 Å². The summed E-state index contributed by atoms with van der Waals surface area (Å²) in [6.45, 7) is 1.56. The minimum Gasteiger partial charge on any atom is -0.375 e. The van der Waals surface area contributed by atoms with E-state index in [2.05, 4.69) is 0 Å². The number of benzene rings is 2. The van der Waals surface area contributed by atoms with E-state index < -0.39 is 10.0 Å². The fraction of sp³-hybridized carbons (Fsp3) is 0.381. The number of hydrogen-bond acceptors (Lipinski definition) is 4. The van der Waals surface area contributed by atoms with E-state index in [0.717, 1.165) is 41.6 Å². The molecule has 0 saturated carbocycles. The van der Waals surface area contributed by atoms with Gasteiger partial charge in [0, 0.05) is 26.7 Å². The van der Waals surface area contributed by atoms with Gasteiger partial charge >= 0.3 is 0 Å². The van der Waals surface area contributed by atoms with Crippen molar-refractivity contribution in [3.05, 3.63) is 59.2 Å². The first-order valence-corrected chi connectivity index (χ1v) is 10.9. The van der Waals surface area contributed by atoms with Gasteiger partial charge in [0.05, 0.1) is 10.6 Å². The molecule has 4 rings (SSSR count). The molecule has 0 radical (unpaired) electrons. The molecule has 0 saturated heterocycles. The summed E-state index contributed by atoms with van der Waals surface area (Å²) < 4.78 is 33.2. The molecular weight excluding hydrogens is 376 g/mol. The maximum atomic E-state index is 13.4. The van der Waals surface area contributed by atoms with E-state index in [1.54, 1.807) is 17.0 Å². The molecule has 148 valence electrons. The number of amides is 1. The lowest BCUT2D eigenvalue weighted by Crippen LogP contribution is -2.38. The van der Waals surface area contributed by atoms with Gasteiger partial charge in [-0.15, -0.1) is 0 Å². The predicted molar refractivity (Wildman–Crippen MR) is 107 cm³/mol. The Hall–Kier alpha value is -2.38. The van der Waals surface area contributed by atoms with Crippen LogP contribution in [-0.4, -0.2) is 46.0 Å². The second-order valence-electron chi connectivity index (χ2n) is 7.24. The van der Waals surface area contributed by atoms with Crippen molar-refractivity contribution in [3.63, 3.8) is 0 Å². The van der Waals surface area contributed by atoms with Crippen molar-refractivity contribution < 1.29 is 17.9 Å². The zero-order chi connectivity index (χ0) is 19.7. The van der Waals surface area contributed by atoms with Crippen molar-refractivity contribution in [2.75, 3.05) is 31.1 Å². The molecule has 7 heteroatoms. The number of fused-ring (bicyclic) bond motifs is 2. The van der Waals surface area contributed by atoms with Crippen molar-refractivity contribution >= 4 is 21.6 Å². The van der Waals surface area contributed by atoms with Crippen molar-refractivity contribution in [2.24, 2.45) is 0 Å². The van der Waals surface area contributed by atoms with Crippen LogP contribution in [-0.2, 0) is 38.9 Å². The lowest BCUT2D eigenvalue weighted by molar-refractivity contribution is -0.136. The molecule has 6 nitrogen and oxygen atoms in total. The molecule has 0 N–H and O–H groups in total. The molecule has 0 bridgehead atoms. The van der Waals surface area contributed by atoms with Crippen LogP contribution < -0.4 is 4.31 Å². The molecule has 2 aromatic carbocycles. The molecule has 0 spiro atoms. The second-order valence-corrected chi connectivity index (χ2v) is 9.10. The number of anilines is 1. The summed E-state index contributed by atoms with van der Waals surface area (Å²) in [6.07, 6.45) is 2.42. The third kappa shape index (κ3) is 3.40. The number of aryl methyl sites for hydroxylation is 1. The topological polar surface area (TPSA) is 66.9 Å². The highest BCUT2D eigenvalue weighted by atomic mass is 32.2. The van der Waals surface area contributed by atoms with Crippen molar-refractivity contribution in [3.8, 4) is 0 Å². The zero-order valence-corrected chi connectivity index (χ0v) is 16.7. The van der Waals surface area contributed by atoms with Gasteiger partial charge in [0.2, 0.25) is 5.91 Å². The number of ether oxygens (including phenoxy) is 1. The fourth-order valence-electron chi connectivity index (χ4n) is 4.00. The third-order valence-corrected chi connectivity index (χ3v) is 7.28. The molecule has 0 unspecified atom stereocenters. The van der Waals surface area contributed by atoms with Gasteiger partial charge < -0.3 is 9.64 Å². The number of nitrogens with zero attached hydrogens (tertiary/aromatic N) is 2. The predicted octanol–water partition coefficient (Wildman–Crippen LogP) is 2.36. The van der Waals surface area contributed by atoms with Crippen LogP contribution >= 0.6 is 0 Å². The molecule has 0 fully saturated rings. The Labute approximate surface area is 165 Å². The summed E-state index contributed by atoms with van der Waals surface area (Å²) in [5.74, 6) is -0.0774. The summed E-state index contributed by atoms with van der Waals surface area (Å²) in [5.41, 5.74) is 3.82. The Morgan fingerprint density at radius 1 is 1.04 bits per heavy atom. The highest BCUT2D eigenvalue weighted by Gasteiger charge is 2.30. The number of para-hydroxylation sites is 1. The van der Waals surface area contributed by atoms with Crippen LogP contribution in [0.4, 0.5) is 5.69 Å². The Morgan fingerprint density at radius 3 is 2.68 bits per heavy atom. The van der Waals surface area contributed by atoms with Gasteiger partial charge in [-0.3, -0.25) is 9.10 Å². The molecule has 0 atom stereocenters. The highest BCUT2D eigenvalue weighted by Crippen LogP contribution is 2.33. The summed E-state index contributed by atoms with van der Waals surface area (Å²) >= 11 is 0. The first-order valence-electron chi connectivity index (χ1n) is 9.50. The molecule has 0 aliphatic carbocycles. The van der Waals surface area contributed by atoms with Crippen LogP contribution in [0, 0.1) is 0 Å². The third-order valence-electron chi connectivity index (χ3n) is 5.47. The van der Waals surface area contributed by atoms with Gasteiger partial charge in [0.1, 0.15) is 6.61 Å². The summed E-state index contributed by atoms with van der Waals surface area (Å²) in [4.78, 5) is 14.2. The number of sulfonamides is 1. The first-order chi connectivity index (χ1) is 13.5. The van der Waals surface area contributed by atoms with E-state index in [-0.39, 0.29) is 17.4 Å². The molecule has 28 heavy (non-hydrogen) atoms. The lowest BCUT2D eigenvalue weighted by Gasteiger charge is -2.32. The van der Waals surface area contributed by atoms with Gasteiger partial charge in [-0.05, 0) is 54.2 Å². The van der Waals surface area contributed by atoms with Crippen molar-refractivity contribution in [1.82, 2.24) is 4.90 Å². The van der Waals surface area contributed by atoms with E-state index in [0.29, 0.717) is 19.6 Å². The Bertz CT molecular complexity index is 1000. The maximum Gasteiger partial charge on any atom is 0.264 e. The number of rotatable bonds is 4. The average Bonchev–Trinajstić information content (AvgIpc) is 2.72. The molecule has 1 amide bonds. The standard InChI is InChI=1S/C21H24N2O4S/c1-27-15-21(24)22-12-10-16-8-9-19(13-18(16)14-22)28(25,26)23-11-4-6-17-5-2-3-7-20(17)23/h2-3,5,7-9,13H,4,6,10-12,14-15H2,1H3. The summed E-state index contributed by atoms with van der Waals surface area (Å²) in [6, 6.07) is 13.0. The molecule has 2 aliphatic rings. The SMILES string of the molecule is COCC(=O)N1CCc2ccc(S(=O)(=O)N3CCCc4ccccc43)cc2C1. The van der Waals surface area contributed by atoms with E-state index in [9.17, 15) is 13.2 Å². The number of carbonyl (C=O) groups is 1. The van der Waals surface area contributed by atoms with Gasteiger partial charge in [-0.25, -0.2) is 8.42 Å². The van der Waals surface area contributed by atoms with Crippen LogP contribution in [0.5, 0.6) is 0 Å². The summed E-state index contributed by atoms with van der Waals surface area (Å²) in [5, 5.41) is 0. The Balaban J connectivity index is 1.66. The minimum atomic E-state index is -3.65. The summed E-state index contributed by atoms with van der Waals surface area (Å²) in [7, 11) is -2.15. The quantitative estimate of drug-likeness (QED) is 0.790. The fourth-order valence-corrected chi connectivity index (χ4v) is 5.59. The largest absolute Gasteiger partial charge is 0.375 e. The Kier molecular flexibility index (Phi) is 5.12. The van der Waals surface area contributed by atoms with Crippen LogP contribution in [0.2, 0.25) is 0 Å². The molecule has 2 heterocycles. The van der Waals surface area contributed by atoms with E-state index in [1.807, 2.05) is 30.3 Å². The average molecular weight is 401 g/mol. The normalized spacial score (nSPS) is 16.5. The second kappa shape index (κ2) is 7.56. The number of hydrogen-bond donors (Lipinski definition) is 0. The van der Waals surface area contributed by atoms with Gasteiger partial charge in [-0.1, -0.05) is 24.3 Å². The van der Waals surface area contributed by atoms with E-state index in [1.165, 1.54) is 11.4 Å². The smallest absolute Gasteiger partial charge is 0.264 e. The zero-order valence-electron chi connectivity index (χ0n) is 15.9. The number of carbonyl (C=O) groups excluding carboxylic acids is 1. The number of methoxy groups -OCH3 is 1.